The maximum Gasteiger partial charge on any atom is 0.422 e. The standard InChI is InChI=1S/C12H17F3N2O3/c1-11(9(18)19,12(13,14)15)17-10(20)16-8-5-6-2-3-7(8)4-6/h6-8H,2-5H2,1H3,(H,18,19)(H2,16,17,20). The summed E-state index contributed by atoms with van der Waals surface area (Å²) in [6.07, 6.45) is -1.26. The van der Waals surface area contributed by atoms with Crippen LogP contribution < -0.4 is 10.6 Å². The van der Waals surface area contributed by atoms with Crippen LogP contribution in [-0.2, 0) is 4.79 Å². The minimum atomic E-state index is -5.06. The van der Waals surface area contributed by atoms with Crippen LogP contribution in [0.4, 0.5) is 18.0 Å². The molecule has 0 radical (unpaired) electrons. The van der Waals surface area contributed by atoms with Crippen LogP contribution in [0.2, 0.25) is 0 Å². The Balaban J connectivity index is 1.97. The number of amides is 2. The van der Waals surface area contributed by atoms with E-state index >= 15 is 0 Å². The van der Waals surface area contributed by atoms with E-state index in [1.807, 2.05) is 0 Å². The maximum absolute atomic E-state index is 12.8. The minimum absolute atomic E-state index is 0.153. The highest BCUT2D eigenvalue weighted by molar-refractivity contribution is 5.86. The maximum atomic E-state index is 12.8. The lowest BCUT2D eigenvalue weighted by molar-refractivity contribution is -0.203. The topological polar surface area (TPSA) is 78.4 Å². The molecule has 0 spiro atoms. The van der Waals surface area contributed by atoms with E-state index in [4.69, 9.17) is 5.11 Å². The van der Waals surface area contributed by atoms with Crippen molar-refractivity contribution in [1.29, 1.82) is 0 Å². The van der Waals surface area contributed by atoms with Crippen LogP contribution in [0.5, 0.6) is 0 Å². The molecule has 114 valence electrons. The molecule has 2 bridgehead atoms. The summed E-state index contributed by atoms with van der Waals surface area (Å²) in [5, 5.41) is 12.7. The Morgan fingerprint density at radius 1 is 1.20 bits per heavy atom. The highest BCUT2D eigenvalue weighted by Gasteiger charge is 2.58. The van der Waals surface area contributed by atoms with Crippen LogP contribution in [-0.4, -0.2) is 34.9 Å². The zero-order valence-corrected chi connectivity index (χ0v) is 11.0. The number of alkyl halides is 3. The smallest absolute Gasteiger partial charge is 0.422 e. The van der Waals surface area contributed by atoms with E-state index in [-0.39, 0.29) is 6.04 Å². The van der Waals surface area contributed by atoms with Gasteiger partial charge in [-0.1, -0.05) is 6.42 Å². The van der Waals surface area contributed by atoms with Crippen LogP contribution in [0.25, 0.3) is 0 Å². The second-order valence-corrected chi connectivity index (χ2v) is 5.81. The van der Waals surface area contributed by atoms with Crippen molar-refractivity contribution in [3.05, 3.63) is 0 Å². The zero-order valence-electron chi connectivity index (χ0n) is 11.0. The van der Waals surface area contributed by atoms with E-state index in [2.05, 4.69) is 5.32 Å². The Morgan fingerprint density at radius 3 is 2.25 bits per heavy atom. The number of carbonyl (C=O) groups excluding carboxylic acids is 1. The number of halogens is 3. The Kier molecular flexibility index (Phi) is 3.60. The summed E-state index contributed by atoms with van der Waals surface area (Å²) < 4.78 is 38.3. The minimum Gasteiger partial charge on any atom is -0.479 e. The van der Waals surface area contributed by atoms with Gasteiger partial charge in [0.05, 0.1) is 0 Å². The number of hydrogen-bond donors (Lipinski definition) is 3. The highest BCUT2D eigenvalue weighted by atomic mass is 19.4. The fraction of sp³-hybridized carbons (Fsp3) is 0.833. The Bertz CT molecular complexity index is 427. The molecule has 2 aliphatic carbocycles. The SMILES string of the molecule is CC(NC(=O)NC1CC2CCC1C2)(C(=O)O)C(F)(F)F. The van der Waals surface area contributed by atoms with E-state index in [1.165, 1.54) is 0 Å². The van der Waals surface area contributed by atoms with E-state index in [0.717, 1.165) is 25.7 Å². The first-order valence-electron chi connectivity index (χ1n) is 6.52. The molecule has 0 aromatic rings. The molecule has 0 heterocycles. The van der Waals surface area contributed by atoms with Crippen molar-refractivity contribution in [2.75, 3.05) is 0 Å². The predicted octanol–water partition coefficient (Wildman–Crippen LogP) is 1.88. The van der Waals surface area contributed by atoms with Crippen molar-refractivity contribution in [3.8, 4) is 0 Å². The summed E-state index contributed by atoms with van der Waals surface area (Å²) in [5.74, 6) is -1.31. The first-order valence-corrected chi connectivity index (χ1v) is 6.52. The van der Waals surface area contributed by atoms with E-state index in [0.29, 0.717) is 18.8 Å². The molecule has 3 N–H and O–H groups in total. The molecule has 0 aliphatic heterocycles. The van der Waals surface area contributed by atoms with Crippen LogP contribution in [0, 0.1) is 11.8 Å². The molecule has 2 amide bonds. The largest absolute Gasteiger partial charge is 0.479 e. The van der Waals surface area contributed by atoms with Crippen molar-refractivity contribution in [2.45, 2.75) is 50.4 Å². The van der Waals surface area contributed by atoms with Crippen LogP contribution in [0.1, 0.15) is 32.6 Å². The van der Waals surface area contributed by atoms with Gasteiger partial charge in [-0.3, -0.25) is 0 Å². The van der Waals surface area contributed by atoms with Gasteiger partial charge in [0, 0.05) is 6.04 Å². The van der Waals surface area contributed by atoms with Gasteiger partial charge in [-0.25, -0.2) is 9.59 Å². The number of urea groups is 1. The van der Waals surface area contributed by atoms with Gasteiger partial charge in [0.15, 0.2) is 0 Å². The zero-order chi connectivity index (χ0) is 15.1. The molecule has 0 aromatic heterocycles. The van der Waals surface area contributed by atoms with Crippen molar-refractivity contribution < 1.29 is 27.9 Å². The summed E-state index contributed by atoms with van der Waals surface area (Å²) in [6.45, 7) is 0.440. The van der Waals surface area contributed by atoms with Gasteiger partial charge in [-0.15, -0.1) is 0 Å². The van der Waals surface area contributed by atoms with Crippen molar-refractivity contribution >= 4 is 12.0 Å². The normalized spacial score (nSPS) is 31.7. The quantitative estimate of drug-likeness (QED) is 0.743. The van der Waals surface area contributed by atoms with Crippen LogP contribution in [0.3, 0.4) is 0 Å². The summed E-state index contributed by atoms with van der Waals surface area (Å²) in [7, 11) is 0. The lowest BCUT2D eigenvalue weighted by atomic mass is 9.95. The summed E-state index contributed by atoms with van der Waals surface area (Å²) in [4.78, 5) is 22.5. The number of carboxylic acid groups (broad SMARTS) is 1. The number of hydrogen-bond acceptors (Lipinski definition) is 2. The number of carbonyl (C=O) groups is 2. The summed E-state index contributed by atoms with van der Waals surface area (Å²) in [5.41, 5.74) is -3.28. The van der Waals surface area contributed by atoms with E-state index in [9.17, 15) is 22.8 Å². The predicted molar refractivity (Wildman–Crippen MR) is 63.0 cm³/mol. The molecule has 0 saturated heterocycles. The monoisotopic (exact) mass is 294 g/mol. The number of nitrogens with one attached hydrogen (secondary N) is 2. The van der Waals surface area contributed by atoms with Crippen molar-refractivity contribution in [2.24, 2.45) is 11.8 Å². The lowest BCUT2D eigenvalue weighted by Crippen LogP contribution is -2.64. The number of fused-ring (bicyclic) bond motifs is 2. The molecule has 2 saturated carbocycles. The summed E-state index contributed by atoms with van der Waals surface area (Å²) >= 11 is 0. The van der Waals surface area contributed by atoms with Crippen molar-refractivity contribution in [1.82, 2.24) is 10.6 Å². The number of rotatable bonds is 3. The van der Waals surface area contributed by atoms with Gasteiger partial charge in [-0.05, 0) is 38.0 Å². The van der Waals surface area contributed by atoms with Crippen LogP contribution >= 0.6 is 0 Å². The first kappa shape index (κ1) is 14.9. The molecule has 4 unspecified atom stereocenters. The van der Waals surface area contributed by atoms with Gasteiger partial charge in [-0.2, -0.15) is 13.2 Å². The van der Waals surface area contributed by atoms with Gasteiger partial charge >= 0.3 is 18.2 Å². The molecule has 20 heavy (non-hydrogen) atoms. The van der Waals surface area contributed by atoms with Gasteiger partial charge in [0.2, 0.25) is 5.54 Å². The third-order valence-corrected chi connectivity index (χ3v) is 4.41. The highest BCUT2D eigenvalue weighted by Crippen LogP contribution is 2.44. The lowest BCUT2D eigenvalue weighted by Gasteiger charge is -2.30. The number of carboxylic acids is 1. The van der Waals surface area contributed by atoms with Crippen LogP contribution in [0.15, 0.2) is 0 Å². The molecule has 4 atom stereocenters. The third-order valence-electron chi connectivity index (χ3n) is 4.41. The summed E-state index contributed by atoms with van der Waals surface area (Å²) in [6, 6.07) is -1.23. The van der Waals surface area contributed by atoms with E-state index < -0.39 is 23.7 Å². The molecule has 2 rings (SSSR count). The average Bonchev–Trinajstić information content (AvgIpc) is 2.88. The molecule has 5 nitrogen and oxygen atoms in total. The second-order valence-electron chi connectivity index (χ2n) is 5.81. The fourth-order valence-electron chi connectivity index (χ4n) is 3.10. The second kappa shape index (κ2) is 4.82. The van der Waals surface area contributed by atoms with E-state index in [1.54, 1.807) is 5.32 Å². The average molecular weight is 294 g/mol. The molecular weight excluding hydrogens is 277 g/mol. The molecular formula is C12H17F3N2O3. The number of aliphatic carboxylic acids is 1. The molecule has 2 fully saturated rings. The Labute approximate surface area is 113 Å². The Morgan fingerprint density at radius 2 is 1.85 bits per heavy atom. The molecule has 0 aromatic carbocycles. The Hall–Kier alpha value is -1.47. The van der Waals surface area contributed by atoms with Gasteiger partial charge in [0.1, 0.15) is 0 Å². The molecule has 8 heteroatoms. The molecule has 2 aliphatic rings. The third kappa shape index (κ3) is 2.55. The van der Waals surface area contributed by atoms with Crippen molar-refractivity contribution in [3.63, 3.8) is 0 Å². The first-order chi connectivity index (χ1) is 9.13. The van der Waals surface area contributed by atoms with Gasteiger partial charge < -0.3 is 15.7 Å². The van der Waals surface area contributed by atoms with Gasteiger partial charge in [0.25, 0.3) is 0 Å². The fourth-order valence-corrected chi connectivity index (χ4v) is 3.10.